The van der Waals surface area contributed by atoms with E-state index < -0.39 is 0 Å². The highest BCUT2D eigenvalue weighted by molar-refractivity contribution is 7.81. The normalized spacial score (nSPS) is 11.2. The Kier molecular flexibility index (Phi) is 4.42. The zero-order valence-electron chi connectivity index (χ0n) is 12.8. The van der Waals surface area contributed by atoms with Crippen molar-refractivity contribution in [3.8, 4) is 5.75 Å². The molecule has 0 radical (unpaired) electrons. The number of aromatic hydroxyl groups is 1. The summed E-state index contributed by atoms with van der Waals surface area (Å²) in [5.41, 5.74) is 6.77. The molecule has 0 atom stereocenters. The number of benzene rings is 2. The molecule has 3 aromatic rings. The molecule has 0 saturated carbocycles. The summed E-state index contributed by atoms with van der Waals surface area (Å²) in [4.78, 5) is 17.3. The lowest BCUT2D eigenvalue weighted by Gasteiger charge is -2.04. The maximum atomic E-state index is 12.4. The molecule has 1 aromatic heterocycles. The topological polar surface area (TPSA) is 76.2 Å². The van der Waals surface area contributed by atoms with Crippen molar-refractivity contribution in [3.05, 3.63) is 63.6 Å². The van der Waals surface area contributed by atoms with Gasteiger partial charge < -0.3 is 10.8 Å². The lowest BCUT2D eigenvalue weighted by molar-refractivity contribution is 0.105. The molecule has 120 valence electrons. The third-order valence-electron chi connectivity index (χ3n) is 3.58. The number of fused-ring (bicyclic) bond motifs is 1. The molecule has 2 aromatic carbocycles. The van der Waals surface area contributed by atoms with Crippen LogP contribution in [0.25, 0.3) is 16.8 Å². The summed E-state index contributed by atoms with van der Waals surface area (Å²) in [5.74, 6) is -0.0672. The number of thiocarbonyl (C=S) groups is 1. The predicted octanol–water partition coefficient (Wildman–Crippen LogP) is 3.84. The molecule has 6 heteroatoms. The molecule has 0 aliphatic carbocycles. The lowest BCUT2D eigenvalue weighted by Crippen LogP contribution is -2.08. The van der Waals surface area contributed by atoms with Crippen molar-refractivity contribution in [1.82, 2.24) is 4.98 Å². The number of carbonyl (C=O) groups is 1. The Morgan fingerprint density at radius 3 is 2.75 bits per heavy atom. The molecule has 1 heterocycles. The van der Waals surface area contributed by atoms with Crippen LogP contribution >= 0.6 is 23.6 Å². The van der Waals surface area contributed by atoms with E-state index in [1.54, 1.807) is 19.1 Å². The molecule has 0 aliphatic heterocycles. The number of thiazole rings is 1. The molecule has 0 bridgehead atoms. The highest BCUT2D eigenvalue weighted by atomic mass is 32.1. The van der Waals surface area contributed by atoms with Crippen LogP contribution < -0.4 is 5.73 Å². The summed E-state index contributed by atoms with van der Waals surface area (Å²) < 4.78 is 0. The second kappa shape index (κ2) is 6.51. The number of aromatic nitrogens is 1. The third-order valence-corrected chi connectivity index (χ3v) is 5.11. The predicted molar refractivity (Wildman–Crippen MR) is 102 cm³/mol. The number of phenolic OH excluding ortho intramolecular Hbond substituents is 1. The van der Waals surface area contributed by atoms with Gasteiger partial charge in [-0.3, -0.25) is 4.79 Å². The SMILES string of the molecule is Cc1nc(C(N)=S)sc1C(=O)/C=C/c1c(O)ccc2ccccc12. The third kappa shape index (κ3) is 3.06. The average Bonchev–Trinajstić information content (AvgIpc) is 2.96. The van der Waals surface area contributed by atoms with Gasteiger partial charge in [0.05, 0.1) is 10.6 Å². The van der Waals surface area contributed by atoms with Gasteiger partial charge >= 0.3 is 0 Å². The lowest BCUT2D eigenvalue weighted by atomic mass is 10.0. The smallest absolute Gasteiger partial charge is 0.197 e. The van der Waals surface area contributed by atoms with E-state index in [2.05, 4.69) is 4.98 Å². The number of phenols is 1. The highest BCUT2D eigenvalue weighted by Crippen LogP contribution is 2.28. The molecule has 0 unspecified atom stereocenters. The van der Waals surface area contributed by atoms with Crippen molar-refractivity contribution >= 4 is 51.2 Å². The van der Waals surface area contributed by atoms with Gasteiger partial charge in [-0.1, -0.05) is 42.5 Å². The van der Waals surface area contributed by atoms with Crippen molar-refractivity contribution < 1.29 is 9.90 Å². The number of hydrogen-bond acceptors (Lipinski definition) is 5. The van der Waals surface area contributed by atoms with Crippen LogP contribution in [0.2, 0.25) is 0 Å². The van der Waals surface area contributed by atoms with Crippen molar-refractivity contribution in [1.29, 1.82) is 0 Å². The van der Waals surface area contributed by atoms with Crippen LogP contribution in [-0.4, -0.2) is 20.9 Å². The Bertz CT molecular complexity index is 990. The van der Waals surface area contributed by atoms with Gasteiger partial charge in [0.25, 0.3) is 0 Å². The first kappa shape index (κ1) is 16.3. The largest absolute Gasteiger partial charge is 0.507 e. The van der Waals surface area contributed by atoms with Crippen LogP contribution in [0.15, 0.2) is 42.5 Å². The first-order valence-corrected chi connectivity index (χ1v) is 8.40. The van der Waals surface area contributed by atoms with Gasteiger partial charge in [0.1, 0.15) is 10.7 Å². The quantitative estimate of drug-likeness (QED) is 0.423. The van der Waals surface area contributed by atoms with E-state index in [1.807, 2.05) is 30.3 Å². The van der Waals surface area contributed by atoms with Crippen molar-refractivity contribution in [2.45, 2.75) is 6.92 Å². The Morgan fingerprint density at radius 2 is 2.04 bits per heavy atom. The Morgan fingerprint density at radius 1 is 1.29 bits per heavy atom. The van der Waals surface area contributed by atoms with Crippen molar-refractivity contribution in [3.63, 3.8) is 0 Å². The molecular formula is C18H14N2O2S2. The summed E-state index contributed by atoms with van der Waals surface area (Å²) in [6, 6.07) is 11.1. The standard InChI is InChI=1S/C18H14N2O2S2/c1-10-16(24-18(20-10)17(19)23)15(22)9-7-13-12-5-3-2-4-11(12)6-8-14(13)21/h2-9,21H,1H3,(H2,19,23)/b9-7+. The number of nitrogens with zero attached hydrogens (tertiary/aromatic N) is 1. The van der Waals surface area contributed by atoms with E-state index in [0.717, 1.165) is 10.8 Å². The second-order valence-corrected chi connectivity index (χ2v) is 6.65. The molecule has 24 heavy (non-hydrogen) atoms. The first-order valence-electron chi connectivity index (χ1n) is 7.17. The summed E-state index contributed by atoms with van der Waals surface area (Å²) in [7, 11) is 0. The molecular weight excluding hydrogens is 340 g/mol. The van der Waals surface area contributed by atoms with Crippen LogP contribution in [-0.2, 0) is 0 Å². The number of ketones is 1. The number of hydrogen-bond donors (Lipinski definition) is 2. The molecule has 4 nitrogen and oxygen atoms in total. The number of nitrogens with two attached hydrogens (primary N) is 1. The summed E-state index contributed by atoms with van der Waals surface area (Å²) in [6.45, 7) is 1.74. The van der Waals surface area contributed by atoms with Crippen LogP contribution in [0.4, 0.5) is 0 Å². The zero-order chi connectivity index (χ0) is 17.3. The van der Waals surface area contributed by atoms with Crippen LogP contribution in [0.3, 0.4) is 0 Å². The fourth-order valence-corrected chi connectivity index (χ4v) is 3.43. The van der Waals surface area contributed by atoms with Gasteiger partial charge in [-0.25, -0.2) is 4.98 Å². The van der Waals surface area contributed by atoms with E-state index in [-0.39, 0.29) is 16.5 Å². The second-order valence-electron chi connectivity index (χ2n) is 5.21. The highest BCUT2D eigenvalue weighted by Gasteiger charge is 2.14. The number of allylic oxidation sites excluding steroid dienone is 1. The van der Waals surface area contributed by atoms with E-state index >= 15 is 0 Å². The van der Waals surface area contributed by atoms with Crippen molar-refractivity contribution in [2.75, 3.05) is 0 Å². The maximum absolute atomic E-state index is 12.4. The number of carbonyl (C=O) groups excluding carboxylic acids is 1. The summed E-state index contributed by atoms with van der Waals surface area (Å²) in [6.07, 6.45) is 3.06. The fraction of sp³-hybridized carbons (Fsp3) is 0.0556. The first-order chi connectivity index (χ1) is 11.5. The fourth-order valence-electron chi connectivity index (χ4n) is 2.42. The van der Waals surface area contributed by atoms with E-state index in [1.165, 1.54) is 17.4 Å². The molecule has 0 fully saturated rings. The van der Waals surface area contributed by atoms with Crippen LogP contribution in [0, 0.1) is 6.92 Å². The van der Waals surface area contributed by atoms with Crippen LogP contribution in [0.1, 0.15) is 25.9 Å². The average molecular weight is 354 g/mol. The number of aryl methyl sites for hydroxylation is 1. The van der Waals surface area contributed by atoms with Gasteiger partial charge in [-0.05, 0) is 35.9 Å². The van der Waals surface area contributed by atoms with Gasteiger partial charge in [0, 0.05) is 5.56 Å². The Balaban J connectivity index is 1.98. The van der Waals surface area contributed by atoms with Gasteiger partial charge in [0.2, 0.25) is 0 Å². The number of rotatable bonds is 4. The minimum atomic E-state index is -0.195. The zero-order valence-corrected chi connectivity index (χ0v) is 14.4. The molecule has 0 spiro atoms. The Hall–Kier alpha value is -2.57. The van der Waals surface area contributed by atoms with Gasteiger partial charge in [-0.2, -0.15) is 0 Å². The minimum Gasteiger partial charge on any atom is -0.507 e. The van der Waals surface area contributed by atoms with E-state index in [4.69, 9.17) is 18.0 Å². The summed E-state index contributed by atoms with van der Waals surface area (Å²) >= 11 is 6.07. The minimum absolute atomic E-state index is 0.127. The monoisotopic (exact) mass is 354 g/mol. The van der Waals surface area contributed by atoms with Crippen LogP contribution in [0.5, 0.6) is 5.75 Å². The maximum Gasteiger partial charge on any atom is 0.197 e. The molecule has 3 rings (SSSR count). The Labute approximate surface area is 148 Å². The van der Waals surface area contributed by atoms with Crippen molar-refractivity contribution in [2.24, 2.45) is 5.73 Å². The molecule has 0 amide bonds. The van der Waals surface area contributed by atoms with E-state index in [0.29, 0.717) is 21.1 Å². The molecule has 0 aliphatic rings. The molecule has 0 saturated heterocycles. The van der Waals surface area contributed by atoms with Gasteiger partial charge in [0.15, 0.2) is 10.8 Å². The van der Waals surface area contributed by atoms with E-state index in [9.17, 15) is 9.90 Å². The summed E-state index contributed by atoms with van der Waals surface area (Å²) in [5, 5.41) is 12.5. The molecule has 3 N–H and O–H groups in total. The van der Waals surface area contributed by atoms with Gasteiger partial charge in [-0.15, -0.1) is 11.3 Å².